The third-order valence-electron chi connectivity index (χ3n) is 3.67. The van der Waals surface area contributed by atoms with Crippen LogP contribution in [0.15, 0.2) is 28.1 Å². The maximum Gasteiger partial charge on any atom is 0.326 e. The normalized spacial score (nSPS) is 22.7. The number of likely N-dealkylation sites (tertiary alicyclic amines) is 1. The number of rotatable bonds is 2. The Morgan fingerprint density at radius 1 is 1.48 bits per heavy atom. The summed E-state index contributed by atoms with van der Waals surface area (Å²) in [6.07, 6.45) is 2.58. The number of thioether (sulfide) groups is 1. The highest BCUT2D eigenvalue weighted by atomic mass is 32.2. The van der Waals surface area contributed by atoms with Gasteiger partial charge in [-0.05, 0) is 48.9 Å². The monoisotopic (exact) mass is 336 g/mol. The van der Waals surface area contributed by atoms with Crippen LogP contribution in [0, 0.1) is 5.82 Å². The summed E-state index contributed by atoms with van der Waals surface area (Å²) >= 11 is 1.04. The minimum Gasteiger partial charge on any atom is -0.507 e. The molecule has 2 aliphatic rings. The van der Waals surface area contributed by atoms with Gasteiger partial charge in [-0.15, -0.1) is 0 Å². The van der Waals surface area contributed by atoms with E-state index < -0.39 is 23.7 Å². The first-order valence-corrected chi connectivity index (χ1v) is 7.78. The number of benzene rings is 1. The van der Waals surface area contributed by atoms with Crippen LogP contribution in [0.2, 0.25) is 0 Å². The maximum atomic E-state index is 13.2. The van der Waals surface area contributed by atoms with Gasteiger partial charge < -0.3 is 15.1 Å². The Labute approximate surface area is 135 Å². The molecule has 2 N–H and O–H groups in total. The number of carboxylic acids is 1. The SMILES string of the molecule is O=C1N=C(N2CCC[C@H]2C(=O)O)SC1=Cc1cc(F)ccc1O. The number of amides is 1. The van der Waals surface area contributed by atoms with Crippen molar-refractivity contribution in [3.8, 4) is 5.75 Å². The Bertz CT molecular complexity index is 747. The van der Waals surface area contributed by atoms with Crippen molar-refractivity contribution in [1.29, 1.82) is 0 Å². The molecule has 0 radical (unpaired) electrons. The van der Waals surface area contributed by atoms with Crippen molar-refractivity contribution in [3.05, 3.63) is 34.5 Å². The summed E-state index contributed by atoms with van der Waals surface area (Å²) in [5, 5.41) is 19.2. The van der Waals surface area contributed by atoms with Gasteiger partial charge in [0.15, 0.2) is 5.17 Å². The fourth-order valence-corrected chi connectivity index (χ4v) is 3.54. The molecule has 8 heteroatoms. The molecule has 0 aromatic heterocycles. The molecular weight excluding hydrogens is 323 g/mol. The molecule has 6 nitrogen and oxygen atoms in total. The number of phenols is 1. The number of amidine groups is 1. The van der Waals surface area contributed by atoms with Crippen molar-refractivity contribution < 1.29 is 24.2 Å². The number of carboxylic acid groups (broad SMARTS) is 1. The van der Waals surface area contributed by atoms with Crippen LogP contribution in [-0.2, 0) is 9.59 Å². The zero-order valence-corrected chi connectivity index (χ0v) is 12.7. The molecule has 120 valence electrons. The summed E-state index contributed by atoms with van der Waals surface area (Å²) in [6.45, 7) is 0.522. The van der Waals surface area contributed by atoms with Gasteiger partial charge >= 0.3 is 5.97 Å². The summed E-state index contributed by atoms with van der Waals surface area (Å²) in [5.41, 5.74) is 0.175. The Morgan fingerprint density at radius 2 is 2.26 bits per heavy atom. The van der Waals surface area contributed by atoms with E-state index in [1.807, 2.05) is 0 Å². The molecule has 2 heterocycles. The van der Waals surface area contributed by atoms with Gasteiger partial charge in [0.25, 0.3) is 5.91 Å². The molecule has 2 aliphatic heterocycles. The summed E-state index contributed by atoms with van der Waals surface area (Å²) < 4.78 is 13.2. The molecule has 1 fully saturated rings. The van der Waals surface area contributed by atoms with E-state index in [4.69, 9.17) is 0 Å². The fourth-order valence-electron chi connectivity index (χ4n) is 2.56. The number of hydrogen-bond acceptors (Lipinski definition) is 5. The van der Waals surface area contributed by atoms with Crippen LogP contribution < -0.4 is 0 Å². The molecule has 3 rings (SSSR count). The first kappa shape index (κ1) is 15.5. The number of hydrogen-bond donors (Lipinski definition) is 2. The van der Waals surface area contributed by atoms with Crippen LogP contribution in [0.1, 0.15) is 18.4 Å². The van der Waals surface area contributed by atoms with E-state index in [9.17, 15) is 24.2 Å². The number of aliphatic carboxylic acids is 1. The van der Waals surface area contributed by atoms with Gasteiger partial charge in [-0.25, -0.2) is 9.18 Å². The van der Waals surface area contributed by atoms with Gasteiger partial charge in [-0.1, -0.05) is 0 Å². The highest BCUT2D eigenvalue weighted by molar-refractivity contribution is 8.18. The minimum absolute atomic E-state index is 0.148. The van der Waals surface area contributed by atoms with E-state index in [2.05, 4.69) is 4.99 Å². The van der Waals surface area contributed by atoms with Crippen molar-refractivity contribution in [2.45, 2.75) is 18.9 Å². The number of carbonyl (C=O) groups excluding carboxylic acids is 1. The second-order valence-electron chi connectivity index (χ2n) is 5.20. The van der Waals surface area contributed by atoms with Crippen LogP contribution in [-0.4, -0.2) is 44.7 Å². The zero-order valence-electron chi connectivity index (χ0n) is 11.9. The highest BCUT2D eigenvalue weighted by Crippen LogP contribution is 2.34. The third kappa shape index (κ3) is 3.07. The molecule has 0 saturated carbocycles. The van der Waals surface area contributed by atoms with Crippen LogP contribution in [0.25, 0.3) is 6.08 Å². The van der Waals surface area contributed by atoms with Crippen molar-refractivity contribution >= 4 is 34.9 Å². The lowest BCUT2D eigenvalue weighted by atomic mass is 10.2. The van der Waals surface area contributed by atoms with Gasteiger partial charge in [0, 0.05) is 12.1 Å². The van der Waals surface area contributed by atoms with Gasteiger partial charge in [0.05, 0.1) is 4.91 Å². The Kier molecular flexibility index (Phi) is 4.08. The maximum absolute atomic E-state index is 13.2. The average Bonchev–Trinajstić information content (AvgIpc) is 3.10. The van der Waals surface area contributed by atoms with Crippen molar-refractivity contribution in [2.24, 2.45) is 4.99 Å². The molecule has 1 aromatic rings. The lowest BCUT2D eigenvalue weighted by Gasteiger charge is -2.21. The van der Waals surface area contributed by atoms with E-state index in [0.29, 0.717) is 24.6 Å². The molecule has 1 atom stereocenters. The second-order valence-corrected chi connectivity index (χ2v) is 6.21. The topological polar surface area (TPSA) is 90.2 Å². The minimum atomic E-state index is -0.946. The Hall–Kier alpha value is -2.35. The molecule has 0 spiro atoms. The lowest BCUT2D eigenvalue weighted by molar-refractivity contribution is -0.140. The van der Waals surface area contributed by atoms with Crippen LogP contribution in [0.5, 0.6) is 5.75 Å². The first-order valence-electron chi connectivity index (χ1n) is 6.96. The summed E-state index contributed by atoms with van der Waals surface area (Å²) in [6, 6.07) is 2.75. The number of halogens is 1. The molecule has 1 saturated heterocycles. The molecule has 1 amide bonds. The van der Waals surface area contributed by atoms with Crippen LogP contribution in [0.4, 0.5) is 4.39 Å². The van der Waals surface area contributed by atoms with E-state index in [0.717, 1.165) is 23.9 Å². The first-order chi connectivity index (χ1) is 11.0. The van der Waals surface area contributed by atoms with E-state index in [-0.39, 0.29) is 16.2 Å². The second kappa shape index (κ2) is 6.04. The van der Waals surface area contributed by atoms with E-state index in [1.165, 1.54) is 12.1 Å². The smallest absolute Gasteiger partial charge is 0.326 e. The summed E-state index contributed by atoms with van der Waals surface area (Å²) in [7, 11) is 0. The molecule has 1 aromatic carbocycles. The quantitative estimate of drug-likeness (QED) is 0.804. The average molecular weight is 336 g/mol. The van der Waals surface area contributed by atoms with Crippen LogP contribution >= 0.6 is 11.8 Å². The lowest BCUT2D eigenvalue weighted by Crippen LogP contribution is -2.38. The van der Waals surface area contributed by atoms with E-state index >= 15 is 0 Å². The predicted molar refractivity (Wildman–Crippen MR) is 83.4 cm³/mol. The number of carbonyl (C=O) groups is 2. The largest absolute Gasteiger partial charge is 0.507 e. The summed E-state index contributed by atoms with van der Waals surface area (Å²) in [4.78, 5) is 28.9. The van der Waals surface area contributed by atoms with Crippen LogP contribution in [0.3, 0.4) is 0 Å². The Balaban J connectivity index is 1.84. The fraction of sp³-hybridized carbons (Fsp3) is 0.267. The Morgan fingerprint density at radius 3 is 3.00 bits per heavy atom. The number of aromatic hydroxyl groups is 1. The molecule has 0 bridgehead atoms. The van der Waals surface area contributed by atoms with Gasteiger partial charge in [0.2, 0.25) is 0 Å². The third-order valence-corrected chi connectivity index (χ3v) is 4.69. The predicted octanol–water partition coefficient (Wildman–Crippen LogP) is 2.05. The van der Waals surface area contributed by atoms with Gasteiger partial charge in [-0.3, -0.25) is 4.79 Å². The number of aliphatic imine (C=N–C) groups is 1. The molecule has 23 heavy (non-hydrogen) atoms. The molecule has 0 unspecified atom stereocenters. The standard InChI is InChI=1S/C15H13FN2O4S/c16-9-3-4-11(19)8(6-9)7-12-13(20)17-15(23-12)18-5-1-2-10(18)14(21)22/h3-4,6-7,10,19H,1-2,5H2,(H,21,22)/t10-/m0/s1. The zero-order chi connectivity index (χ0) is 16.6. The molecule has 0 aliphatic carbocycles. The van der Waals surface area contributed by atoms with Gasteiger partial charge in [-0.2, -0.15) is 4.99 Å². The highest BCUT2D eigenvalue weighted by Gasteiger charge is 2.36. The van der Waals surface area contributed by atoms with Gasteiger partial charge in [0.1, 0.15) is 17.6 Å². The number of phenolic OH excluding ortho intramolecular Hbond substituents is 1. The van der Waals surface area contributed by atoms with E-state index in [1.54, 1.807) is 4.90 Å². The summed E-state index contributed by atoms with van der Waals surface area (Å²) in [5.74, 6) is -2.15. The molecular formula is C15H13FN2O4S. The number of nitrogens with zero attached hydrogens (tertiary/aromatic N) is 2. The van der Waals surface area contributed by atoms with Crippen molar-refractivity contribution in [1.82, 2.24) is 4.90 Å². The van der Waals surface area contributed by atoms with Crippen molar-refractivity contribution in [3.63, 3.8) is 0 Å². The van der Waals surface area contributed by atoms with Crippen molar-refractivity contribution in [2.75, 3.05) is 6.54 Å².